The summed E-state index contributed by atoms with van der Waals surface area (Å²) in [5, 5.41) is 4.56. The summed E-state index contributed by atoms with van der Waals surface area (Å²) in [5.74, 6) is 1.65. The Kier molecular flexibility index (Phi) is 7.99. The minimum Gasteiger partial charge on any atom is -0.299 e. The van der Waals surface area contributed by atoms with Crippen LogP contribution in [0.2, 0.25) is 0 Å². The molecular formula is C30H39N3O. The first-order chi connectivity index (χ1) is 16.4. The predicted octanol–water partition coefficient (Wildman–Crippen LogP) is 6.35. The highest BCUT2D eigenvalue weighted by atomic mass is 16.1. The first-order valence-corrected chi connectivity index (χ1v) is 12.8. The van der Waals surface area contributed by atoms with Crippen LogP contribution in [0.15, 0.2) is 60.9 Å². The van der Waals surface area contributed by atoms with Crippen LogP contribution in [0.4, 0.5) is 0 Å². The fourth-order valence-electron chi connectivity index (χ4n) is 4.65. The Morgan fingerprint density at radius 3 is 2.03 bits per heavy atom. The molecule has 4 rings (SSSR count). The van der Waals surface area contributed by atoms with Crippen molar-refractivity contribution in [2.45, 2.75) is 66.0 Å². The number of carbonyl (C=O) groups is 1. The van der Waals surface area contributed by atoms with E-state index in [1.165, 1.54) is 35.1 Å². The number of likely N-dealkylation sites (tertiary alicyclic amines) is 1. The molecule has 1 saturated heterocycles. The van der Waals surface area contributed by atoms with Gasteiger partial charge in [0.25, 0.3) is 0 Å². The van der Waals surface area contributed by atoms with E-state index in [1.54, 1.807) is 0 Å². The second kappa shape index (κ2) is 11.1. The van der Waals surface area contributed by atoms with Crippen molar-refractivity contribution in [1.29, 1.82) is 0 Å². The number of Topliss-reactive ketones (excluding diaryl/α,β-unsaturated/α-hetero) is 1. The summed E-state index contributed by atoms with van der Waals surface area (Å²) in [6.45, 7) is 12.7. The number of carbonyl (C=O) groups excluding carboxylic acids is 1. The molecule has 1 aromatic heterocycles. The third kappa shape index (κ3) is 6.44. The molecule has 2 heterocycles. The number of ketones is 1. The highest BCUT2D eigenvalue weighted by molar-refractivity contribution is 5.82. The van der Waals surface area contributed by atoms with Gasteiger partial charge in [-0.15, -0.1) is 0 Å². The molecule has 180 valence electrons. The molecule has 1 fully saturated rings. The SMILES string of the molecule is CC(C)C(=O)Cc1ccc(-c2ccc(CN3CCC(Cn4cc(C(C)C)cn4)CC3)cc2)cc1. The molecular weight excluding hydrogens is 418 g/mol. The van der Waals surface area contributed by atoms with Gasteiger partial charge >= 0.3 is 0 Å². The second-order valence-electron chi connectivity index (χ2n) is 10.6. The van der Waals surface area contributed by atoms with Crippen LogP contribution in [0, 0.1) is 11.8 Å². The van der Waals surface area contributed by atoms with Crippen LogP contribution in [0.25, 0.3) is 11.1 Å². The lowest BCUT2D eigenvalue weighted by Crippen LogP contribution is -2.34. The summed E-state index contributed by atoms with van der Waals surface area (Å²) >= 11 is 0. The van der Waals surface area contributed by atoms with E-state index in [0.717, 1.165) is 37.7 Å². The van der Waals surface area contributed by atoms with E-state index in [2.05, 4.69) is 83.3 Å². The number of piperidine rings is 1. The van der Waals surface area contributed by atoms with E-state index in [-0.39, 0.29) is 5.92 Å². The predicted molar refractivity (Wildman–Crippen MR) is 140 cm³/mol. The lowest BCUT2D eigenvalue weighted by molar-refractivity contribution is -0.121. The Morgan fingerprint density at radius 1 is 0.912 bits per heavy atom. The van der Waals surface area contributed by atoms with Gasteiger partial charge in [-0.2, -0.15) is 5.10 Å². The van der Waals surface area contributed by atoms with Crippen LogP contribution in [-0.4, -0.2) is 33.6 Å². The van der Waals surface area contributed by atoms with Gasteiger partial charge in [-0.1, -0.05) is 76.2 Å². The van der Waals surface area contributed by atoms with Gasteiger partial charge in [-0.3, -0.25) is 14.4 Å². The lowest BCUT2D eigenvalue weighted by atomic mass is 9.96. The Labute approximate surface area is 205 Å². The van der Waals surface area contributed by atoms with Crippen molar-refractivity contribution in [3.63, 3.8) is 0 Å². The molecule has 1 aliphatic heterocycles. The van der Waals surface area contributed by atoms with Gasteiger partial charge in [0.1, 0.15) is 5.78 Å². The van der Waals surface area contributed by atoms with Crippen molar-refractivity contribution in [1.82, 2.24) is 14.7 Å². The minimum absolute atomic E-state index is 0.0901. The number of aromatic nitrogens is 2. The minimum atomic E-state index is 0.0901. The normalized spacial score (nSPS) is 15.4. The van der Waals surface area contributed by atoms with E-state index < -0.39 is 0 Å². The quantitative estimate of drug-likeness (QED) is 0.376. The summed E-state index contributed by atoms with van der Waals surface area (Å²) in [7, 11) is 0. The summed E-state index contributed by atoms with van der Waals surface area (Å²) in [5.41, 5.74) is 6.22. The maximum absolute atomic E-state index is 12.0. The largest absolute Gasteiger partial charge is 0.299 e. The van der Waals surface area contributed by atoms with Gasteiger partial charge in [0.15, 0.2) is 0 Å². The zero-order valence-corrected chi connectivity index (χ0v) is 21.2. The monoisotopic (exact) mass is 457 g/mol. The van der Waals surface area contributed by atoms with Crippen LogP contribution < -0.4 is 0 Å². The maximum atomic E-state index is 12.0. The van der Waals surface area contributed by atoms with E-state index in [0.29, 0.717) is 18.1 Å². The van der Waals surface area contributed by atoms with Crippen molar-refractivity contribution < 1.29 is 4.79 Å². The highest BCUT2D eigenvalue weighted by Crippen LogP contribution is 2.24. The average Bonchev–Trinajstić information content (AvgIpc) is 3.30. The molecule has 0 saturated carbocycles. The zero-order valence-electron chi connectivity index (χ0n) is 21.2. The van der Waals surface area contributed by atoms with Gasteiger partial charge in [0, 0.05) is 31.6 Å². The molecule has 0 spiro atoms. The molecule has 34 heavy (non-hydrogen) atoms. The van der Waals surface area contributed by atoms with Crippen molar-refractivity contribution in [3.8, 4) is 11.1 Å². The lowest BCUT2D eigenvalue weighted by Gasteiger charge is -2.32. The summed E-state index contributed by atoms with van der Waals surface area (Å²) in [6, 6.07) is 17.4. The van der Waals surface area contributed by atoms with Gasteiger partial charge in [0.2, 0.25) is 0 Å². The smallest absolute Gasteiger partial charge is 0.139 e. The number of rotatable bonds is 9. The third-order valence-corrected chi connectivity index (χ3v) is 7.14. The molecule has 0 radical (unpaired) electrons. The number of nitrogens with zero attached hydrogens (tertiary/aromatic N) is 3. The van der Waals surface area contributed by atoms with E-state index >= 15 is 0 Å². The number of hydrogen-bond donors (Lipinski definition) is 0. The fraction of sp³-hybridized carbons (Fsp3) is 0.467. The second-order valence-corrected chi connectivity index (χ2v) is 10.6. The van der Waals surface area contributed by atoms with Crippen LogP contribution in [0.5, 0.6) is 0 Å². The fourth-order valence-corrected chi connectivity index (χ4v) is 4.65. The topological polar surface area (TPSA) is 38.1 Å². The molecule has 0 atom stereocenters. The first-order valence-electron chi connectivity index (χ1n) is 12.8. The van der Waals surface area contributed by atoms with Gasteiger partial charge in [-0.05, 0) is 65.6 Å². The first kappa shape index (κ1) is 24.4. The molecule has 3 aromatic rings. The maximum Gasteiger partial charge on any atom is 0.139 e. The van der Waals surface area contributed by atoms with Crippen molar-refractivity contribution in [2.75, 3.05) is 13.1 Å². The van der Waals surface area contributed by atoms with Gasteiger partial charge in [-0.25, -0.2) is 0 Å². The molecule has 4 heteroatoms. The third-order valence-electron chi connectivity index (χ3n) is 7.14. The molecule has 2 aromatic carbocycles. The van der Waals surface area contributed by atoms with Gasteiger partial charge in [0.05, 0.1) is 6.20 Å². The zero-order chi connectivity index (χ0) is 24.1. The number of benzene rings is 2. The molecule has 0 aliphatic carbocycles. The molecule has 0 amide bonds. The molecule has 4 nitrogen and oxygen atoms in total. The Bertz CT molecular complexity index is 1060. The summed E-state index contributed by atoms with van der Waals surface area (Å²) in [4.78, 5) is 14.6. The standard InChI is InChI=1S/C30H39N3O/c1-22(2)29-18-31-33(21-29)20-26-13-15-32(16-14-26)19-25-7-11-28(12-8-25)27-9-5-24(6-10-27)17-30(34)23(3)4/h5-12,18,21-23,26H,13-17,19-20H2,1-4H3. The van der Waals surface area contributed by atoms with E-state index in [4.69, 9.17) is 0 Å². The molecule has 0 N–H and O–H groups in total. The summed E-state index contributed by atoms with van der Waals surface area (Å²) < 4.78 is 2.14. The molecule has 0 unspecified atom stereocenters. The van der Waals surface area contributed by atoms with Crippen LogP contribution in [-0.2, 0) is 24.3 Å². The summed E-state index contributed by atoms with van der Waals surface area (Å²) in [6.07, 6.45) is 7.23. The van der Waals surface area contributed by atoms with Crippen molar-refractivity contribution in [3.05, 3.63) is 77.6 Å². The van der Waals surface area contributed by atoms with Gasteiger partial charge < -0.3 is 0 Å². The Hall–Kier alpha value is -2.72. The molecule has 1 aliphatic rings. The van der Waals surface area contributed by atoms with Crippen molar-refractivity contribution in [2.24, 2.45) is 11.8 Å². The Morgan fingerprint density at radius 2 is 1.50 bits per heavy atom. The Balaban J connectivity index is 1.26. The van der Waals surface area contributed by atoms with E-state index in [9.17, 15) is 4.79 Å². The number of hydrogen-bond acceptors (Lipinski definition) is 3. The van der Waals surface area contributed by atoms with Crippen molar-refractivity contribution >= 4 is 5.78 Å². The van der Waals surface area contributed by atoms with E-state index in [1.807, 2.05) is 20.0 Å². The van der Waals surface area contributed by atoms with Crippen LogP contribution in [0.1, 0.15) is 63.1 Å². The highest BCUT2D eigenvalue weighted by Gasteiger charge is 2.20. The molecule has 0 bridgehead atoms. The van der Waals surface area contributed by atoms with Crippen LogP contribution >= 0.6 is 0 Å². The average molecular weight is 458 g/mol. The van der Waals surface area contributed by atoms with Crippen LogP contribution in [0.3, 0.4) is 0 Å².